The highest BCUT2D eigenvalue weighted by molar-refractivity contribution is 6.21. The number of anilines is 6. The SMILES string of the molecule is CC1(C)c2ccccc2-c2ccc(-c3c4cc(N(c5ccccc5)c5ccc6ccccc6c5)ccc4c(-c4ccccc4)c4cc(N(c5ccccc5)c5ccc6ccccc6c5)cnc34)cc21. The van der Waals surface area contributed by atoms with E-state index in [1.165, 1.54) is 43.8 Å². The van der Waals surface area contributed by atoms with Crippen molar-refractivity contribution in [3.63, 3.8) is 0 Å². The van der Waals surface area contributed by atoms with E-state index in [-0.39, 0.29) is 5.41 Å². The Morgan fingerprint density at radius 1 is 0.319 bits per heavy atom. The first-order chi connectivity index (χ1) is 34.0. The zero-order valence-electron chi connectivity index (χ0n) is 38.5. The Bertz CT molecular complexity index is 3930. The van der Waals surface area contributed by atoms with E-state index >= 15 is 0 Å². The monoisotopic (exact) mass is 881 g/mol. The van der Waals surface area contributed by atoms with Gasteiger partial charge < -0.3 is 9.80 Å². The van der Waals surface area contributed by atoms with Gasteiger partial charge in [0.2, 0.25) is 0 Å². The normalized spacial score (nSPS) is 12.6. The number of rotatable bonds is 8. The third-order valence-corrected chi connectivity index (χ3v) is 14.4. The van der Waals surface area contributed by atoms with Gasteiger partial charge in [0.05, 0.1) is 17.4 Å². The number of hydrogen-bond donors (Lipinski definition) is 0. The first-order valence-corrected chi connectivity index (χ1v) is 23.9. The van der Waals surface area contributed by atoms with Crippen LogP contribution >= 0.6 is 0 Å². The zero-order valence-corrected chi connectivity index (χ0v) is 38.5. The van der Waals surface area contributed by atoms with Gasteiger partial charge in [-0.3, -0.25) is 4.98 Å². The molecule has 69 heavy (non-hydrogen) atoms. The van der Waals surface area contributed by atoms with Crippen LogP contribution in [0.4, 0.5) is 34.1 Å². The average Bonchev–Trinajstić information content (AvgIpc) is 3.63. The van der Waals surface area contributed by atoms with E-state index < -0.39 is 0 Å². The summed E-state index contributed by atoms with van der Waals surface area (Å²) >= 11 is 0. The fourth-order valence-electron chi connectivity index (χ4n) is 11.1. The molecule has 0 bridgehead atoms. The van der Waals surface area contributed by atoms with E-state index in [4.69, 9.17) is 4.98 Å². The van der Waals surface area contributed by atoms with Gasteiger partial charge in [-0.15, -0.1) is 0 Å². The summed E-state index contributed by atoms with van der Waals surface area (Å²) in [6, 6.07) is 88.5. The van der Waals surface area contributed by atoms with Crippen molar-refractivity contribution in [2.75, 3.05) is 9.80 Å². The molecule has 1 heterocycles. The highest BCUT2D eigenvalue weighted by Crippen LogP contribution is 2.52. The van der Waals surface area contributed by atoms with Crippen LogP contribution in [0.25, 0.3) is 76.6 Å². The quantitative estimate of drug-likeness (QED) is 0.142. The van der Waals surface area contributed by atoms with Crippen LogP contribution in [0.1, 0.15) is 25.0 Å². The Morgan fingerprint density at radius 3 is 1.48 bits per heavy atom. The molecule has 0 fully saturated rings. The Balaban J connectivity index is 1.12. The Hall–Kier alpha value is -8.79. The molecule has 12 aromatic rings. The predicted molar refractivity (Wildman–Crippen MR) is 292 cm³/mol. The topological polar surface area (TPSA) is 19.4 Å². The van der Waals surface area contributed by atoms with Crippen LogP contribution in [0, 0.1) is 0 Å². The second-order valence-electron chi connectivity index (χ2n) is 18.8. The van der Waals surface area contributed by atoms with Gasteiger partial charge in [0.1, 0.15) is 0 Å². The van der Waals surface area contributed by atoms with Crippen molar-refractivity contribution < 1.29 is 0 Å². The summed E-state index contributed by atoms with van der Waals surface area (Å²) in [6.07, 6.45) is 2.08. The molecule has 1 aliphatic carbocycles. The van der Waals surface area contributed by atoms with Crippen LogP contribution in [0.3, 0.4) is 0 Å². The van der Waals surface area contributed by atoms with Crippen molar-refractivity contribution in [1.29, 1.82) is 0 Å². The largest absolute Gasteiger partial charge is 0.310 e. The molecule has 1 aliphatic rings. The summed E-state index contributed by atoms with van der Waals surface area (Å²) < 4.78 is 0. The number of fused-ring (bicyclic) bond motifs is 7. The summed E-state index contributed by atoms with van der Waals surface area (Å²) in [7, 11) is 0. The fourth-order valence-corrected chi connectivity index (χ4v) is 11.1. The molecule has 0 atom stereocenters. The van der Waals surface area contributed by atoms with E-state index in [9.17, 15) is 0 Å². The van der Waals surface area contributed by atoms with E-state index in [1.54, 1.807) is 0 Å². The summed E-state index contributed by atoms with van der Waals surface area (Å²) in [6.45, 7) is 4.73. The molecule has 0 radical (unpaired) electrons. The molecule has 326 valence electrons. The summed E-state index contributed by atoms with van der Waals surface area (Å²) in [4.78, 5) is 10.4. The van der Waals surface area contributed by atoms with E-state index in [0.717, 1.165) is 78.1 Å². The minimum absolute atomic E-state index is 0.181. The molecule has 0 spiro atoms. The van der Waals surface area contributed by atoms with Crippen LogP contribution in [-0.2, 0) is 5.41 Å². The average molecular weight is 882 g/mol. The number of aromatic nitrogens is 1. The van der Waals surface area contributed by atoms with Crippen LogP contribution < -0.4 is 9.80 Å². The van der Waals surface area contributed by atoms with Crippen LogP contribution in [0.15, 0.2) is 249 Å². The first-order valence-electron chi connectivity index (χ1n) is 23.9. The Kier molecular flexibility index (Phi) is 9.52. The second-order valence-corrected chi connectivity index (χ2v) is 18.8. The lowest BCUT2D eigenvalue weighted by Crippen LogP contribution is -2.15. The van der Waals surface area contributed by atoms with Crippen LogP contribution in [-0.4, -0.2) is 4.98 Å². The minimum atomic E-state index is -0.181. The molecule has 0 saturated carbocycles. The molecule has 0 N–H and O–H groups in total. The number of benzene rings is 11. The van der Waals surface area contributed by atoms with E-state index in [1.807, 2.05) is 0 Å². The summed E-state index contributed by atoms with van der Waals surface area (Å²) in [5.41, 5.74) is 17.0. The lowest BCUT2D eigenvalue weighted by molar-refractivity contribution is 0.660. The number of nitrogens with zero attached hydrogens (tertiary/aromatic N) is 3. The summed E-state index contributed by atoms with van der Waals surface area (Å²) in [5.74, 6) is 0. The molecule has 0 saturated heterocycles. The second kappa shape index (κ2) is 16.2. The van der Waals surface area contributed by atoms with Crippen LogP contribution in [0.5, 0.6) is 0 Å². The third kappa shape index (κ3) is 6.77. The maximum atomic E-state index is 5.67. The predicted octanol–water partition coefficient (Wildman–Crippen LogP) is 18.3. The minimum Gasteiger partial charge on any atom is -0.310 e. The van der Waals surface area contributed by atoms with E-state index in [0.29, 0.717) is 0 Å². The van der Waals surface area contributed by atoms with Gasteiger partial charge in [-0.25, -0.2) is 0 Å². The van der Waals surface area contributed by atoms with Gasteiger partial charge in [-0.2, -0.15) is 0 Å². The molecule has 13 rings (SSSR count). The van der Waals surface area contributed by atoms with Crippen LogP contribution in [0.2, 0.25) is 0 Å². The summed E-state index contributed by atoms with van der Waals surface area (Å²) in [5, 5.41) is 8.21. The maximum absolute atomic E-state index is 5.67. The van der Waals surface area contributed by atoms with Crippen molar-refractivity contribution >= 4 is 77.3 Å². The molecule has 3 heteroatoms. The van der Waals surface area contributed by atoms with Gasteiger partial charge >= 0.3 is 0 Å². The molecular formula is C66H47N3. The van der Waals surface area contributed by atoms with Gasteiger partial charge in [-0.1, -0.05) is 184 Å². The van der Waals surface area contributed by atoms with Crippen molar-refractivity contribution in [2.45, 2.75) is 19.3 Å². The van der Waals surface area contributed by atoms with Crippen molar-refractivity contribution in [2.24, 2.45) is 0 Å². The standard InChI is InChI=1S/C66H47N3/c1-66(2)61-29-17-16-28-56(61)57-36-32-49(40-62(57)66)64-59-41-54(68(50-24-8-4-9-25-50)52-33-30-44-18-12-14-22-47(44)38-52)35-37-58(59)63(46-20-6-3-7-21-46)60-42-55(43-67-65(60)64)69(51-26-10-5-11-27-51)53-34-31-45-19-13-15-23-48(45)39-53/h3-43H,1-2H3. The van der Waals surface area contributed by atoms with Crippen molar-refractivity contribution in [1.82, 2.24) is 4.98 Å². The van der Waals surface area contributed by atoms with Crippen molar-refractivity contribution in [3.8, 4) is 33.4 Å². The maximum Gasteiger partial charge on any atom is 0.0794 e. The third-order valence-electron chi connectivity index (χ3n) is 14.4. The van der Waals surface area contributed by atoms with Gasteiger partial charge in [0.25, 0.3) is 0 Å². The highest BCUT2D eigenvalue weighted by Gasteiger charge is 2.36. The number of hydrogen-bond acceptors (Lipinski definition) is 3. The molecule has 1 aromatic heterocycles. The zero-order chi connectivity index (χ0) is 46.1. The Labute approximate surface area is 402 Å². The van der Waals surface area contributed by atoms with E-state index in [2.05, 4.69) is 272 Å². The molecule has 0 unspecified atom stereocenters. The lowest BCUT2D eigenvalue weighted by atomic mass is 9.81. The molecule has 0 amide bonds. The number of para-hydroxylation sites is 2. The highest BCUT2D eigenvalue weighted by atomic mass is 15.2. The van der Waals surface area contributed by atoms with Gasteiger partial charge in [0.15, 0.2) is 0 Å². The molecule has 3 nitrogen and oxygen atoms in total. The molecular weight excluding hydrogens is 835 g/mol. The van der Waals surface area contributed by atoms with Gasteiger partial charge in [0, 0.05) is 44.8 Å². The van der Waals surface area contributed by atoms with Crippen molar-refractivity contribution in [3.05, 3.63) is 260 Å². The first kappa shape index (κ1) is 40.5. The Morgan fingerprint density at radius 2 is 0.826 bits per heavy atom. The lowest BCUT2D eigenvalue weighted by Gasteiger charge is -2.28. The van der Waals surface area contributed by atoms with Gasteiger partial charge in [-0.05, 0) is 144 Å². The fraction of sp³-hybridized carbons (Fsp3) is 0.0455. The molecule has 11 aromatic carbocycles. The smallest absolute Gasteiger partial charge is 0.0794 e. The molecule has 0 aliphatic heterocycles. The number of pyridine rings is 1.